The summed E-state index contributed by atoms with van der Waals surface area (Å²) >= 11 is 0. The van der Waals surface area contributed by atoms with Gasteiger partial charge in [-0.1, -0.05) is 25.0 Å². The van der Waals surface area contributed by atoms with Crippen molar-refractivity contribution in [3.8, 4) is 5.69 Å². The number of rotatable bonds is 5. The Balaban J connectivity index is 1.74. The van der Waals surface area contributed by atoms with Crippen molar-refractivity contribution in [3.05, 3.63) is 41.5 Å². The third-order valence-electron chi connectivity index (χ3n) is 5.53. The van der Waals surface area contributed by atoms with E-state index in [-0.39, 0.29) is 11.5 Å². The number of para-hydroxylation sites is 1. The number of nitrogens with zero attached hydrogens (tertiary/aromatic N) is 4. The minimum absolute atomic E-state index is 0.129. The van der Waals surface area contributed by atoms with Crippen LogP contribution in [0, 0.1) is 0 Å². The highest BCUT2D eigenvalue weighted by Gasteiger charge is 2.27. The van der Waals surface area contributed by atoms with E-state index in [0.717, 1.165) is 31.5 Å². The molecule has 1 aliphatic heterocycles. The van der Waals surface area contributed by atoms with Gasteiger partial charge in [0.2, 0.25) is 5.91 Å². The number of hydrogen-bond acceptors (Lipinski definition) is 4. The van der Waals surface area contributed by atoms with Crippen LogP contribution in [-0.4, -0.2) is 43.2 Å². The lowest BCUT2D eigenvalue weighted by Gasteiger charge is -2.26. The van der Waals surface area contributed by atoms with Gasteiger partial charge in [0, 0.05) is 18.9 Å². The molecule has 0 atom stereocenters. The van der Waals surface area contributed by atoms with Gasteiger partial charge in [-0.25, -0.2) is 14.5 Å². The van der Waals surface area contributed by atoms with Crippen LogP contribution >= 0.6 is 0 Å². The van der Waals surface area contributed by atoms with E-state index in [1.165, 1.54) is 12.8 Å². The molecule has 1 amide bonds. The maximum Gasteiger partial charge on any atom is 0.337 e. The van der Waals surface area contributed by atoms with E-state index in [4.69, 9.17) is 10.1 Å². The minimum atomic E-state index is -0.997. The number of carboxylic acid groups (broad SMARTS) is 1. The zero-order valence-electron chi connectivity index (χ0n) is 15.3. The second kappa shape index (κ2) is 7.50. The SMILES string of the molecule is O=C(O)c1ccccc1-n1nc(C2CCCC2)nc1CN1CCCCC1=O. The fraction of sp³-hybridized carbons (Fsp3) is 0.500. The molecule has 27 heavy (non-hydrogen) atoms. The molecule has 2 aliphatic rings. The zero-order valence-corrected chi connectivity index (χ0v) is 15.3. The number of amides is 1. The van der Waals surface area contributed by atoms with E-state index in [9.17, 15) is 14.7 Å². The van der Waals surface area contributed by atoms with Crippen molar-refractivity contribution in [1.82, 2.24) is 19.7 Å². The van der Waals surface area contributed by atoms with Gasteiger partial charge in [0.05, 0.1) is 17.8 Å². The van der Waals surface area contributed by atoms with E-state index in [1.807, 2.05) is 4.90 Å². The van der Waals surface area contributed by atoms with Crippen molar-refractivity contribution >= 4 is 11.9 Å². The summed E-state index contributed by atoms with van der Waals surface area (Å²) in [5.41, 5.74) is 0.688. The molecule has 0 radical (unpaired) electrons. The molecule has 1 saturated heterocycles. The van der Waals surface area contributed by atoms with Crippen molar-refractivity contribution in [2.24, 2.45) is 0 Å². The summed E-state index contributed by atoms with van der Waals surface area (Å²) in [6, 6.07) is 6.83. The van der Waals surface area contributed by atoms with Crippen molar-refractivity contribution in [2.45, 2.75) is 57.4 Å². The third kappa shape index (κ3) is 3.59. The molecule has 1 aromatic carbocycles. The summed E-state index contributed by atoms with van der Waals surface area (Å²) in [7, 11) is 0. The van der Waals surface area contributed by atoms with Gasteiger partial charge in [-0.3, -0.25) is 4.79 Å². The zero-order chi connectivity index (χ0) is 18.8. The lowest BCUT2D eigenvalue weighted by atomic mass is 10.1. The summed E-state index contributed by atoms with van der Waals surface area (Å²) in [5.74, 6) is 0.861. The predicted octanol–water partition coefficient (Wildman–Crippen LogP) is 3.14. The van der Waals surface area contributed by atoms with Crippen LogP contribution in [0.4, 0.5) is 0 Å². The number of hydrogen-bond donors (Lipinski definition) is 1. The first-order valence-corrected chi connectivity index (χ1v) is 9.70. The lowest BCUT2D eigenvalue weighted by molar-refractivity contribution is -0.134. The predicted molar refractivity (Wildman–Crippen MR) is 98.8 cm³/mol. The van der Waals surface area contributed by atoms with Gasteiger partial charge in [-0.15, -0.1) is 0 Å². The first-order chi connectivity index (χ1) is 13.1. The molecule has 142 valence electrons. The average Bonchev–Trinajstić information content (AvgIpc) is 3.33. The monoisotopic (exact) mass is 368 g/mol. The van der Waals surface area contributed by atoms with E-state index in [1.54, 1.807) is 28.9 Å². The maximum absolute atomic E-state index is 12.3. The minimum Gasteiger partial charge on any atom is -0.478 e. The smallest absolute Gasteiger partial charge is 0.337 e. The summed E-state index contributed by atoms with van der Waals surface area (Å²) in [5, 5.41) is 14.3. The van der Waals surface area contributed by atoms with Crippen LogP contribution in [0.2, 0.25) is 0 Å². The summed E-state index contributed by atoms with van der Waals surface area (Å²) < 4.78 is 1.64. The van der Waals surface area contributed by atoms with Crippen molar-refractivity contribution in [1.29, 1.82) is 0 Å². The molecule has 1 saturated carbocycles. The van der Waals surface area contributed by atoms with Crippen LogP contribution in [0.5, 0.6) is 0 Å². The third-order valence-corrected chi connectivity index (χ3v) is 5.53. The molecule has 2 fully saturated rings. The summed E-state index contributed by atoms with van der Waals surface area (Å²) in [4.78, 5) is 30.5. The van der Waals surface area contributed by atoms with Gasteiger partial charge in [-0.05, 0) is 37.8 Å². The summed E-state index contributed by atoms with van der Waals surface area (Å²) in [6.07, 6.45) is 6.95. The Kier molecular flexibility index (Phi) is 4.92. The number of carboxylic acids is 1. The van der Waals surface area contributed by atoms with Crippen molar-refractivity contribution in [2.75, 3.05) is 6.54 Å². The van der Waals surface area contributed by atoms with E-state index in [2.05, 4.69) is 0 Å². The number of carbonyl (C=O) groups excluding carboxylic acids is 1. The van der Waals surface area contributed by atoms with Crippen LogP contribution in [0.15, 0.2) is 24.3 Å². The molecule has 2 aromatic rings. The highest BCUT2D eigenvalue weighted by molar-refractivity contribution is 5.91. The molecule has 2 heterocycles. The Morgan fingerprint density at radius 1 is 1.15 bits per heavy atom. The Labute approximate surface area is 158 Å². The van der Waals surface area contributed by atoms with Crippen LogP contribution in [0.25, 0.3) is 5.69 Å². The number of likely N-dealkylation sites (tertiary alicyclic amines) is 1. The van der Waals surface area contributed by atoms with Gasteiger partial charge in [0.25, 0.3) is 0 Å². The first-order valence-electron chi connectivity index (χ1n) is 9.70. The Morgan fingerprint density at radius 2 is 1.93 bits per heavy atom. The number of carbonyl (C=O) groups is 2. The molecular weight excluding hydrogens is 344 g/mol. The Hall–Kier alpha value is -2.70. The highest BCUT2D eigenvalue weighted by atomic mass is 16.4. The van der Waals surface area contributed by atoms with Crippen molar-refractivity contribution in [3.63, 3.8) is 0 Å². The number of benzene rings is 1. The molecular formula is C20H24N4O3. The van der Waals surface area contributed by atoms with E-state index >= 15 is 0 Å². The normalized spacial score (nSPS) is 18.2. The molecule has 7 nitrogen and oxygen atoms in total. The Bertz CT molecular complexity index is 855. The van der Waals surface area contributed by atoms with Crippen LogP contribution in [0.1, 0.15) is 72.9 Å². The quantitative estimate of drug-likeness (QED) is 0.876. The molecule has 4 rings (SSSR count). The molecule has 0 bridgehead atoms. The van der Waals surface area contributed by atoms with Gasteiger partial charge >= 0.3 is 5.97 Å². The van der Waals surface area contributed by atoms with Gasteiger partial charge in [-0.2, -0.15) is 5.10 Å². The molecule has 0 spiro atoms. The fourth-order valence-electron chi connectivity index (χ4n) is 4.05. The first kappa shape index (κ1) is 17.7. The van der Waals surface area contributed by atoms with Crippen LogP contribution in [-0.2, 0) is 11.3 Å². The largest absolute Gasteiger partial charge is 0.478 e. The molecule has 1 aliphatic carbocycles. The number of aromatic nitrogens is 3. The number of piperidine rings is 1. The van der Waals surface area contributed by atoms with E-state index < -0.39 is 5.97 Å². The molecule has 1 N–H and O–H groups in total. The van der Waals surface area contributed by atoms with Gasteiger partial charge in [0.1, 0.15) is 0 Å². The molecule has 0 unspecified atom stereocenters. The summed E-state index contributed by atoms with van der Waals surface area (Å²) in [6.45, 7) is 1.08. The maximum atomic E-state index is 12.3. The van der Waals surface area contributed by atoms with Crippen LogP contribution < -0.4 is 0 Å². The van der Waals surface area contributed by atoms with Gasteiger partial charge < -0.3 is 10.0 Å². The lowest BCUT2D eigenvalue weighted by Crippen LogP contribution is -2.35. The number of aromatic carboxylic acids is 1. The second-order valence-corrected chi connectivity index (χ2v) is 7.37. The fourth-order valence-corrected chi connectivity index (χ4v) is 4.05. The Morgan fingerprint density at radius 3 is 2.67 bits per heavy atom. The topological polar surface area (TPSA) is 88.3 Å². The average molecular weight is 368 g/mol. The van der Waals surface area contributed by atoms with E-state index in [0.29, 0.717) is 36.9 Å². The molecule has 1 aromatic heterocycles. The highest BCUT2D eigenvalue weighted by Crippen LogP contribution is 2.33. The molecule has 7 heteroatoms. The van der Waals surface area contributed by atoms with Gasteiger partial charge in [0.15, 0.2) is 11.6 Å². The standard InChI is InChI=1S/C20H24N4O3/c25-18-11-5-6-12-23(18)13-17-21-19(14-7-1-2-8-14)22-24(17)16-10-4-3-9-15(16)20(26)27/h3-4,9-10,14H,1-2,5-8,11-13H2,(H,26,27). The second-order valence-electron chi connectivity index (χ2n) is 7.37. The van der Waals surface area contributed by atoms with Crippen LogP contribution in [0.3, 0.4) is 0 Å². The van der Waals surface area contributed by atoms with Crippen molar-refractivity contribution < 1.29 is 14.7 Å².